The molecule has 0 spiro atoms. The van der Waals surface area contributed by atoms with Crippen molar-refractivity contribution in [3.63, 3.8) is 0 Å². The van der Waals surface area contributed by atoms with Gasteiger partial charge in [-0.1, -0.05) is 35.6 Å². The van der Waals surface area contributed by atoms with Gasteiger partial charge < -0.3 is 4.90 Å². The van der Waals surface area contributed by atoms with Crippen molar-refractivity contribution in [2.45, 2.75) is 30.4 Å². The van der Waals surface area contributed by atoms with E-state index in [-0.39, 0.29) is 29.6 Å². The quantitative estimate of drug-likeness (QED) is 0.485. The minimum atomic E-state index is -3.32. The molecule has 1 heterocycles. The van der Waals surface area contributed by atoms with E-state index in [0.717, 1.165) is 15.8 Å². The molecule has 0 aliphatic heterocycles. The van der Waals surface area contributed by atoms with Gasteiger partial charge in [0, 0.05) is 13.1 Å². The van der Waals surface area contributed by atoms with E-state index in [1.807, 2.05) is 43.3 Å². The number of aromatic nitrogens is 1. The Kier molecular flexibility index (Phi) is 8.59. The first-order valence-corrected chi connectivity index (χ1v) is 12.2. The van der Waals surface area contributed by atoms with Crippen molar-refractivity contribution in [3.8, 4) is 0 Å². The van der Waals surface area contributed by atoms with E-state index >= 15 is 0 Å². The number of rotatable bonds is 8. The second kappa shape index (κ2) is 10.5. The van der Waals surface area contributed by atoms with Gasteiger partial charge in [0.2, 0.25) is 5.91 Å². The average Bonchev–Trinajstić information content (AvgIpc) is 3.12. The Morgan fingerprint density at radius 2 is 1.68 bits per heavy atom. The van der Waals surface area contributed by atoms with Gasteiger partial charge in [-0.3, -0.25) is 9.69 Å². The molecule has 9 heteroatoms. The fraction of sp³-hybridized carbons (Fsp3) is 0.364. The summed E-state index contributed by atoms with van der Waals surface area (Å²) in [5.74, 6) is -0.0598. The van der Waals surface area contributed by atoms with Crippen LogP contribution >= 0.6 is 23.7 Å². The molecule has 0 fully saturated rings. The number of carbonyl (C=O) groups excluding carboxylic acids is 1. The van der Waals surface area contributed by atoms with Gasteiger partial charge in [-0.15, -0.1) is 12.4 Å². The van der Waals surface area contributed by atoms with Crippen LogP contribution in [0.5, 0.6) is 0 Å². The van der Waals surface area contributed by atoms with Gasteiger partial charge in [-0.25, -0.2) is 13.4 Å². The highest BCUT2D eigenvalue weighted by Crippen LogP contribution is 2.29. The molecule has 0 radical (unpaired) electrons. The number of nitrogens with zero attached hydrogens (tertiary/aromatic N) is 3. The van der Waals surface area contributed by atoms with Crippen molar-refractivity contribution in [3.05, 3.63) is 54.1 Å². The van der Waals surface area contributed by atoms with Crippen LogP contribution in [0.25, 0.3) is 10.2 Å². The fourth-order valence-electron chi connectivity index (χ4n) is 2.94. The highest BCUT2D eigenvalue weighted by Gasteiger charge is 2.22. The second-order valence-corrected chi connectivity index (χ2v) is 11.2. The predicted molar refractivity (Wildman–Crippen MR) is 130 cm³/mol. The number of hydrogen-bond donors (Lipinski definition) is 0. The summed E-state index contributed by atoms with van der Waals surface area (Å²) >= 11 is 1.50. The zero-order valence-electron chi connectivity index (χ0n) is 18.1. The first-order valence-electron chi connectivity index (χ1n) is 9.82. The van der Waals surface area contributed by atoms with E-state index in [1.165, 1.54) is 11.3 Å². The van der Waals surface area contributed by atoms with Crippen molar-refractivity contribution in [1.29, 1.82) is 0 Å². The summed E-state index contributed by atoms with van der Waals surface area (Å²) in [6.07, 6.45) is 0.186. The molecule has 168 valence electrons. The highest BCUT2D eigenvalue weighted by molar-refractivity contribution is 7.92. The SMILES string of the molecule is CC(C)S(=O)(=O)c1ccc(CC(=O)N(CCN(C)C)c2nc3ccccc3s2)cc1.Cl. The molecule has 0 aliphatic carbocycles. The van der Waals surface area contributed by atoms with Gasteiger partial charge in [0.25, 0.3) is 0 Å². The molecule has 1 amide bonds. The number of para-hydroxylation sites is 1. The van der Waals surface area contributed by atoms with Gasteiger partial charge >= 0.3 is 0 Å². The number of sulfone groups is 1. The minimum absolute atomic E-state index is 0. The standard InChI is InChI=1S/C22H27N3O3S2.ClH/c1-16(2)30(27,28)18-11-9-17(10-12-18)15-21(26)25(14-13-24(3)4)22-23-19-7-5-6-8-20(19)29-22;/h5-12,16H,13-15H2,1-4H3;1H. The molecule has 0 saturated heterocycles. The molecule has 3 aromatic rings. The van der Waals surface area contributed by atoms with Crippen LogP contribution < -0.4 is 4.90 Å². The zero-order valence-corrected chi connectivity index (χ0v) is 20.6. The number of anilines is 1. The van der Waals surface area contributed by atoms with Gasteiger partial charge in [-0.05, 0) is 57.8 Å². The maximum Gasteiger partial charge on any atom is 0.233 e. The van der Waals surface area contributed by atoms with Gasteiger partial charge in [0.1, 0.15) is 0 Å². The Hall–Kier alpha value is -2.00. The minimum Gasteiger partial charge on any atom is -0.308 e. The van der Waals surface area contributed by atoms with Crippen molar-refractivity contribution in [2.75, 3.05) is 32.1 Å². The number of likely N-dealkylation sites (N-methyl/N-ethyl adjacent to an activating group) is 1. The normalized spacial score (nSPS) is 11.7. The van der Waals surface area contributed by atoms with Crippen LogP contribution in [-0.2, 0) is 21.1 Å². The number of halogens is 1. The number of thiazole rings is 1. The first-order chi connectivity index (χ1) is 14.2. The lowest BCUT2D eigenvalue weighted by atomic mass is 10.1. The zero-order chi connectivity index (χ0) is 21.9. The second-order valence-electron chi connectivity index (χ2n) is 7.73. The van der Waals surface area contributed by atoms with Crippen molar-refractivity contribution >= 4 is 54.8 Å². The van der Waals surface area contributed by atoms with E-state index in [0.29, 0.717) is 18.2 Å². The number of carbonyl (C=O) groups is 1. The molecule has 31 heavy (non-hydrogen) atoms. The Labute approximate surface area is 194 Å². The molecule has 2 aromatic carbocycles. The molecule has 0 aliphatic rings. The molecule has 6 nitrogen and oxygen atoms in total. The lowest BCUT2D eigenvalue weighted by Crippen LogP contribution is -2.37. The highest BCUT2D eigenvalue weighted by atomic mass is 35.5. The summed E-state index contributed by atoms with van der Waals surface area (Å²) in [5, 5.41) is 0.201. The van der Waals surface area contributed by atoms with E-state index in [1.54, 1.807) is 43.0 Å². The first kappa shape index (κ1) is 25.3. The lowest BCUT2D eigenvalue weighted by Gasteiger charge is -2.22. The Bertz CT molecular complexity index is 1090. The molecular formula is C22H28ClN3O3S2. The summed E-state index contributed by atoms with van der Waals surface area (Å²) in [7, 11) is 0.611. The molecule has 0 atom stereocenters. The van der Waals surface area contributed by atoms with E-state index in [4.69, 9.17) is 0 Å². The number of amides is 1. The third-order valence-corrected chi connectivity index (χ3v) is 8.04. The molecular weight excluding hydrogens is 454 g/mol. The fourth-order valence-corrected chi connectivity index (χ4v) is 5.01. The van der Waals surface area contributed by atoms with Crippen LogP contribution in [0.15, 0.2) is 53.4 Å². The molecule has 0 bridgehead atoms. The average molecular weight is 482 g/mol. The predicted octanol–water partition coefficient (Wildman–Crippen LogP) is 4.04. The van der Waals surface area contributed by atoms with Crippen molar-refractivity contribution < 1.29 is 13.2 Å². The van der Waals surface area contributed by atoms with Gasteiger partial charge in [-0.2, -0.15) is 0 Å². The van der Waals surface area contributed by atoms with Crippen LogP contribution in [0.4, 0.5) is 5.13 Å². The summed E-state index contributed by atoms with van der Waals surface area (Å²) in [6, 6.07) is 14.4. The lowest BCUT2D eigenvalue weighted by molar-refractivity contribution is -0.118. The monoisotopic (exact) mass is 481 g/mol. The third-order valence-electron chi connectivity index (χ3n) is 4.81. The molecule has 0 N–H and O–H groups in total. The van der Waals surface area contributed by atoms with E-state index in [9.17, 15) is 13.2 Å². The van der Waals surface area contributed by atoms with Gasteiger partial charge in [0.05, 0.1) is 26.8 Å². The number of hydrogen-bond acceptors (Lipinski definition) is 6. The Morgan fingerprint density at radius 1 is 1.03 bits per heavy atom. The largest absolute Gasteiger partial charge is 0.308 e. The third kappa shape index (κ3) is 6.04. The van der Waals surface area contributed by atoms with Crippen molar-refractivity contribution in [2.24, 2.45) is 0 Å². The van der Waals surface area contributed by atoms with E-state index in [2.05, 4.69) is 4.98 Å². The van der Waals surface area contributed by atoms with Crippen LogP contribution in [-0.4, -0.2) is 56.6 Å². The smallest absolute Gasteiger partial charge is 0.233 e. The maximum absolute atomic E-state index is 13.1. The Morgan fingerprint density at radius 3 is 2.26 bits per heavy atom. The topological polar surface area (TPSA) is 70.6 Å². The maximum atomic E-state index is 13.1. The van der Waals surface area contributed by atoms with Crippen LogP contribution in [0.3, 0.4) is 0 Å². The van der Waals surface area contributed by atoms with Crippen LogP contribution in [0, 0.1) is 0 Å². The van der Waals surface area contributed by atoms with Gasteiger partial charge in [0.15, 0.2) is 15.0 Å². The summed E-state index contributed by atoms with van der Waals surface area (Å²) in [6.45, 7) is 4.57. The van der Waals surface area contributed by atoms with Crippen molar-refractivity contribution in [1.82, 2.24) is 9.88 Å². The summed E-state index contributed by atoms with van der Waals surface area (Å²) in [5.41, 5.74) is 1.65. The molecule has 0 saturated carbocycles. The number of fused-ring (bicyclic) bond motifs is 1. The molecule has 0 unspecified atom stereocenters. The summed E-state index contributed by atoms with van der Waals surface area (Å²) in [4.78, 5) is 21.8. The van der Waals surface area contributed by atoms with Crippen LogP contribution in [0.2, 0.25) is 0 Å². The molecule has 3 rings (SSSR count). The Balaban J connectivity index is 0.00000341. The summed E-state index contributed by atoms with van der Waals surface area (Å²) < 4.78 is 25.7. The molecule has 1 aromatic heterocycles. The van der Waals surface area contributed by atoms with E-state index < -0.39 is 15.1 Å². The number of benzene rings is 2. The van der Waals surface area contributed by atoms with Crippen LogP contribution in [0.1, 0.15) is 19.4 Å².